The van der Waals surface area contributed by atoms with Gasteiger partial charge in [-0.3, -0.25) is 9.59 Å². The number of carbonyl (C=O) groups is 2. The van der Waals surface area contributed by atoms with E-state index in [4.69, 9.17) is 9.47 Å². The minimum atomic E-state index is -0.142. The van der Waals surface area contributed by atoms with E-state index in [2.05, 4.69) is 5.32 Å². The minimum absolute atomic E-state index is 0.0821. The van der Waals surface area contributed by atoms with Crippen LogP contribution in [0.2, 0.25) is 0 Å². The molecule has 0 atom stereocenters. The maximum absolute atomic E-state index is 12.5. The average Bonchev–Trinajstić information content (AvgIpc) is 2.66. The van der Waals surface area contributed by atoms with Crippen LogP contribution in [0.1, 0.15) is 22.8 Å². The molecule has 1 N–H and O–H groups in total. The Morgan fingerprint density at radius 2 is 1.77 bits per heavy atom. The number of nitrogens with one attached hydrogen (secondary N) is 1. The molecule has 138 valence electrons. The fourth-order valence-corrected chi connectivity index (χ4v) is 3.26. The molecule has 26 heavy (non-hydrogen) atoms. The van der Waals surface area contributed by atoms with Crippen LogP contribution in [-0.2, 0) is 11.2 Å². The Morgan fingerprint density at radius 1 is 1.04 bits per heavy atom. The summed E-state index contributed by atoms with van der Waals surface area (Å²) in [5.41, 5.74) is 1.63. The number of Topliss-reactive ketones (excluding diaryl/α,β-unsaturated/α-hetero) is 1. The van der Waals surface area contributed by atoms with E-state index < -0.39 is 0 Å². The number of amides is 1. The molecule has 0 saturated heterocycles. The van der Waals surface area contributed by atoms with Crippen LogP contribution in [0.15, 0.2) is 47.4 Å². The molecule has 0 spiro atoms. The number of hydrogen-bond acceptors (Lipinski definition) is 5. The molecule has 5 nitrogen and oxygen atoms in total. The average molecular weight is 373 g/mol. The van der Waals surface area contributed by atoms with Gasteiger partial charge in [0, 0.05) is 11.4 Å². The fourth-order valence-electron chi connectivity index (χ4n) is 2.41. The van der Waals surface area contributed by atoms with Crippen molar-refractivity contribution in [1.29, 1.82) is 0 Å². The highest BCUT2D eigenvalue weighted by Crippen LogP contribution is 2.27. The van der Waals surface area contributed by atoms with Crippen LogP contribution in [0.3, 0.4) is 0 Å². The first kappa shape index (κ1) is 19.8. The quantitative estimate of drug-likeness (QED) is 0.683. The van der Waals surface area contributed by atoms with E-state index >= 15 is 0 Å². The van der Waals surface area contributed by atoms with Gasteiger partial charge in [0.1, 0.15) is 5.78 Å². The monoisotopic (exact) mass is 373 g/mol. The number of ether oxygens (including phenoxy) is 2. The van der Waals surface area contributed by atoms with Gasteiger partial charge in [-0.1, -0.05) is 18.2 Å². The molecule has 0 radical (unpaired) electrons. The zero-order chi connectivity index (χ0) is 18.9. The van der Waals surface area contributed by atoms with Crippen LogP contribution >= 0.6 is 11.8 Å². The van der Waals surface area contributed by atoms with Crippen molar-refractivity contribution in [2.24, 2.45) is 0 Å². The highest BCUT2D eigenvalue weighted by atomic mass is 32.2. The third-order valence-electron chi connectivity index (χ3n) is 3.71. The number of thioether (sulfide) groups is 1. The maximum atomic E-state index is 12.5. The Kier molecular flexibility index (Phi) is 7.53. The molecule has 0 fully saturated rings. The Morgan fingerprint density at radius 3 is 2.46 bits per heavy atom. The van der Waals surface area contributed by atoms with Crippen molar-refractivity contribution in [2.45, 2.75) is 18.2 Å². The van der Waals surface area contributed by atoms with Gasteiger partial charge in [0.15, 0.2) is 11.5 Å². The second kappa shape index (κ2) is 9.87. The molecule has 0 aliphatic carbocycles. The molecule has 2 rings (SSSR count). The molecule has 1 amide bonds. The topological polar surface area (TPSA) is 64.6 Å². The van der Waals surface area contributed by atoms with E-state index in [9.17, 15) is 9.59 Å². The van der Waals surface area contributed by atoms with Crippen LogP contribution in [0.25, 0.3) is 0 Å². The molecular formula is C20H23NO4S. The van der Waals surface area contributed by atoms with Gasteiger partial charge >= 0.3 is 0 Å². The number of hydrogen-bond donors (Lipinski definition) is 1. The lowest BCUT2D eigenvalue weighted by Crippen LogP contribution is -2.26. The van der Waals surface area contributed by atoms with E-state index in [1.807, 2.05) is 36.4 Å². The minimum Gasteiger partial charge on any atom is -0.493 e. The first-order valence-corrected chi connectivity index (χ1v) is 9.24. The lowest BCUT2D eigenvalue weighted by molar-refractivity contribution is -0.114. The third-order valence-corrected chi connectivity index (χ3v) is 4.93. The summed E-state index contributed by atoms with van der Waals surface area (Å²) in [6.07, 6.45) is 0.675. The van der Waals surface area contributed by atoms with E-state index in [1.165, 1.54) is 11.8 Å². The Bertz CT molecular complexity index is 776. The second-order valence-electron chi connectivity index (χ2n) is 5.68. The molecule has 0 aromatic heterocycles. The molecule has 0 bridgehead atoms. The van der Waals surface area contributed by atoms with Crippen molar-refractivity contribution in [2.75, 3.05) is 26.5 Å². The van der Waals surface area contributed by atoms with Gasteiger partial charge in [0.25, 0.3) is 5.91 Å². The predicted molar refractivity (Wildman–Crippen MR) is 103 cm³/mol. The van der Waals surface area contributed by atoms with Crippen LogP contribution in [0.4, 0.5) is 0 Å². The summed E-state index contributed by atoms with van der Waals surface area (Å²) in [7, 11) is 3.19. The zero-order valence-corrected chi connectivity index (χ0v) is 16.0. The summed E-state index contributed by atoms with van der Waals surface area (Å²) in [4.78, 5) is 24.5. The predicted octanol–water partition coefficient (Wildman–Crippen LogP) is 3.36. The lowest BCUT2D eigenvalue weighted by atomic mass is 10.1. The van der Waals surface area contributed by atoms with Gasteiger partial charge in [0.2, 0.25) is 0 Å². The van der Waals surface area contributed by atoms with Crippen LogP contribution in [0.5, 0.6) is 11.5 Å². The van der Waals surface area contributed by atoms with E-state index in [1.54, 1.807) is 27.2 Å². The van der Waals surface area contributed by atoms with Crippen LogP contribution in [-0.4, -0.2) is 38.2 Å². The van der Waals surface area contributed by atoms with Crippen LogP contribution in [0, 0.1) is 0 Å². The highest BCUT2D eigenvalue weighted by molar-refractivity contribution is 8.00. The van der Waals surface area contributed by atoms with Crippen LogP contribution < -0.4 is 14.8 Å². The molecule has 0 heterocycles. The Hall–Kier alpha value is -2.47. The van der Waals surface area contributed by atoms with E-state index in [-0.39, 0.29) is 11.7 Å². The molecule has 0 aliphatic heterocycles. The van der Waals surface area contributed by atoms with Crippen molar-refractivity contribution in [3.05, 3.63) is 53.6 Å². The standard InChI is InChI=1S/C20H23NO4S/c1-14(22)13-26-19-7-5-4-6-16(19)20(23)21-11-10-15-8-9-17(24-2)18(12-15)25-3/h4-9,12H,10-11,13H2,1-3H3,(H,21,23). The Labute approximate surface area is 158 Å². The summed E-state index contributed by atoms with van der Waals surface area (Å²) in [6.45, 7) is 2.04. The SMILES string of the molecule is COc1ccc(CCNC(=O)c2ccccc2SCC(C)=O)cc1OC. The van der Waals surface area contributed by atoms with E-state index in [0.29, 0.717) is 35.8 Å². The maximum Gasteiger partial charge on any atom is 0.252 e. The Balaban J connectivity index is 1.96. The van der Waals surface area contributed by atoms with Gasteiger partial charge in [0.05, 0.1) is 25.5 Å². The molecular weight excluding hydrogens is 350 g/mol. The largest absolute Gasteiger partial charge is 0.493 e. The summed E-state index contributed by atoms with van der Waals surface area (Å²) in [6, 6.07) is 13.0. The van der Waals surface area contributed by atoms with Gasteiger partial charge in [-0.25, -0.2) is 0 Å². The van der Waals surface area contributed by atoms with Crippen molar-refractivity contribution in [1.82, 2.24) is 5.32 Å². The summed E-state index contributed by atoms with van der Waals surface area (Å²) >= 11 is 1.38. The highest BCUT2D eigenvalue weighted by Gasteiger charge is 2.12. The number of ketones is 1. The summed E-state index contributed by atoms with van der Waals surface area (Å²) in [5, 5.41) is 2.93. The summed E-state index contributed by atoms with van der Waals surface area (Å²) in [5.74, 6) is 1.64. The van der Waals surface area contributed by atoms with Gasteiger partial charge in [-0.15, -0.1) is 11.8 Å². The van der Waals surface area contributed by atoms with Gasteiger partial charge in [-0.2, -0.15) is 0 Å². The number of rotatable bonds is 9. The molecule has 0 unspecified atom stereocenters. The van der Waals surface area contributed by atoms with Crippen molar-refractivity contribution >= 4 is 23.5 Å². The normalized spacial score (nSPS) is 10.3. The summed E-state index contributed by atoms with van der Waals surface area (Å²) < 4.78 is 10.5. The first-order chi connectivity index (χ1) is 12.5. The van der Waals surface area contributed by atoms with Gasteiger partial charge in [-0.05, 0) is 43.2 Å². The van der Waals surface area contributed by atoms with Gasteiger partial charge < -0.3 is 14.8 Å². The first-order valence-electron chi connectivity index (χ1n) is 8.25. The molecule has 0 saturated carbocycles. The zero-order valence-electron chi connectivity index (χ0n) is 15.2. The smallest absolute Gasteiger partial charge is 0.252 e. The molecule has 2 aromatic carbocycles. The van der Waals surface area contributed by atoms with E-state index in [0.717, 1.165) is 10.5 Å². The lowest BCUT2D eigenvalue weighted by Gasteiger charge is -2.11. The molecule has 2 aromatic rings. The second-order valence-corrected chi connectivity index (χ2v) is 6.70. The molecule has 0 aliphatic rings. The number of benzene rings is 2. The fraction of sp³-hybridized carbons (Fsp3) is 0.300. The van der Waals surface area contributed by atoms with Crippen molar-refractivity contribution in [3.63, 3.8) is 0 Å². The number of methoxy groups -OCH3 is 2. The van der Waals surface area contributed by atoms with Crippen molar-refractivity contribution < 1.29 is 19.1 Å². The third kappa shape index (κ3) is 5.52. The van der Waals surface area contributed by atoms with Crippen molar-refractivity contribution in [3.8, 4) is 11.5 Å². The number of carbonyl (C=O) groups excluding carboxylic acids is 2. The molecule has 6 heteroatoms.